The van der Waals surface area contributed by atoms with Gasteiger partial charge in [-0.1, -0.05) is 0 Å². The minimum absolute atomic E-state index is 0.114. The first-order chi connectivity index (χ1) is 8.43. The minimum Gasteiger partial charge on any atom is -0.389 e. The van der Waals surface area contributed by atoms with Gasteiger partial charge in [0.25, 0.3) is 0 Å². The van der Waals surface area contributed by atoms with Crippen LogP contribution < -0.4 is 10.6 Å². The van der Waals surface area contributed by atoms with Gasteiger partial charge in [0.05, 0.1) is 18.2 Å². The summed E-state index contributed by atoms with van der Waals surface area (Å²) in [5.74, 6) is -0.392. The molecule has 1 fully saturated rings. The molecule has 7 nitrogen and oxygen atoms in total. The topological polar surface area (TPSA) is 96.9 Å². The average molecular weight is 260 g/mol. The summed E-state index contributed by atoms with van der Waals surface area (Å²) in [5.41, 5.74) is 0. The molecule has 0 saturated carbocycles. The van der Waals surface area contributed by atoms with E-state index in [1.165, 1.54) is 21.0 Å². The molecule has 1 aliphatic heterocycles. The van der Waals surface area contributed by atoms with Gasteiger partial charge in [0.1, 0.15) is 0 Å². The van der Waals surface area contributed by atoms with Gasteiger partial charge in [-0.05, 0) is 0 Å². The first-order valence-corrected chi connectivity index (χ1v) is 5.82. The number of carbonyl (C=O) groups is 2. The Labute approximate surface area is 106 Å². The quantitative estimate of drug-likeness (QED) is 0.574. The summed E-state index contributed by atoms with van der Waals surface area (Å²) in [6.07, 6.45) is -1.44. The van der Waals surface area contributed by atoms with E-state index in [0.717, 1.165) is 0 Å². The van der Waals surface area contributed by atoms with Crippen molar-refractivity contribution in [3.05, 3.63) is 0 Å². The Balaban J connectivity index is 2.49. The number of ether oxygens (including phenoxy) is 2. The van der Waals surface area contributed by atoms with Crippen LogP contribution in [-0.2, 0) is 19.1 Å². The van der Waals surface area contributed by atoms with E-state index in [2.05, 4.69) is 10.6 Å². The summed E-state index contributed by atoms with van der Waals surface area (Å²) in [7, 11) is 1.47. The molecule has 4 atom stereocenters. The molecule has 0 radical (unpaired) electrons. The number of amides is 2. The summed E-state index contributed by atoms with van der Waals surface area (Å²) in [6.45, 7) is 2.90. The number of aliphatic hydroxyl groups excluding tert-OH is 1. The third kappa shape index (κ3) is 4.25. The maximum absolute atomic E-state index is 11.0. The predicted octanol–water partition coefficient (Wildman–Crippen LogP) is -1.25. The van der Waals surface area contributed by atoms with Crippen molar-refractivity contribution in [3.63, 3.8) is 0 Å². The minimum atomic E-state index is -0.828. The molecule has 3 N–H and O–H groups in total. The maximum atomic E-state index is 11.0. The van der Waals surface area contributed by atoms with E-state index in [1.807, 2.05) is 0 Å². The highest BCUT2D eigenvalue weighted by molar-refractivity contribution is 5.73. The molecule has 0 unspecified atom stereocenters. The van der Waals surface area contributed by atoms with Crippen LogP contribution in [0.1, 0.15) is 20.3 Å². The van der Waals surface area contributed by atoms with Gasteiger partial charge in [-0.2, -0.15) is 0 Å². The molecule has 2 amide bonds. The Kier molecular flexibility index (Phi) is 5.52. The summed E-state index contributed by atoms with van der Waals surface area (Å²) in [6, 6.07) is -0.288. The van der Waals surface area contributed by atoms with Gasteiger partial charge in [-0.3, -0.25) is 9.59 Å². The molecule has 0 spiro atoms. The van der Waals surface area contributed by atoms with Gasteiger partial charge in [-0.25, -0.2) is 0 Å². The number of carbonyl (C=O) groups excluding carboxylic acids is 2. The van der Waals surface area contributed by atoms with Crippen molar-refractivity contribution in [1.82, 2.24) is 10.6 Å². The summed E-state index contributed by atoms with van der Waals surface area (Å²) in [4.78, 5) is 21.8. The first kappa shape index (κ1) is 14.9. The lowest BCUT2D eigenvalue weighted by Crippen LogP contribution is -2.40. The monoisotopic (exact) mass is 260 g/mol. The fourth-order valence-electron chi connectivity index (χ4n) is 1.92. The number of methoxy groups -OCH3 is 1. The second-order valence-electron chi connectivity index (χ2n) is 4.33. The summed E-state index contributed by atoms with van der Waals surface area (Å²) in [5, 5.41) is 15.1. The molecule has 104 valence electrons. The third-order valence-corrected chi connectivity index (χ3v) is 2.73. The largest absolute Gasteiger partial charge is 0.389 e. The second-order valence-corrected chi connectivity index (χ2v) is 4.33. The Morgan fingerprint density at radius 2 is 2.11 bits per heavy atom. The molecule has 1 rings (SSSR count). The first-order valence-electron chi connectivity index (χ1n) is 5.82. The van der Waals surface area contributed by atoms with Crippen molar-refractivity contribution in [2.24, 2.45) is 0 Å². The van der Waals surface area contributed by atoms with Crippen molar-refractivity contribution in [1.29, 1.82) is 0 Å². The molecule has 1 saturated heterocycles. The fraction of sp³-hybridized carbons (Fsp3) is 0.818. The molecule has 7 heteroatoms. The molecule has 1 heterocycles. The zero-order valence-electron chi connectivity index (χ0n) is 10.8. The van der Waals surface area contributed by atoms with Gasteiger partial charge in [0.2, 0.25) is 11.8 Å². The van der Waals surface area contributed by atoms with Gasteiger partial charge in [-0.15, -0.1) is 0 Å². The van der Waals surface area contributed by atoms with E-state index in [0.29, 0.717) is 6.42 Å². The Bertz CT molecular complexity index is 310. The van der Waals surface area contributed by atoms with Crippen LogP contribution in [-0.4, -0.2) is 55.1 Å². The number of nitrogens with one attached hydrogen (secondary N) is 2. The summed E-state index contributed by atoms with van der Waals surface area (Å²) >= 11 is 0. The van der Waals surface area contributed by atoms with Crippen molar-refractivity contribution in [2.75, 3.05) is 13.7 Å². The van der Waals surface area contributed by atoms with E-state index >= 15 is 0 Å². The molecule has 18 heavy (non-hydrogen) atoms. The van der Waals surface area contributed by atoms with E-state index < -0.39 is 18.5 Å². The van der Waals surface area contributed by atoms with Crippen LogP contribution >= 0.6 is 0 Å². The van der Waals surface area contributed by atoms with Crippen LogP contribution in [0.15, 0.2) is 0 Å². The molecule has 1 aliphatic rings. The van der Waals surface area contributed by atoms with Crippen LogP contribution in [0.5, 0.6) is 0 Å². The lowest BCUT2D eigenvalue weighted by Gasteiger charge is -2.18. The van der Waals surface area contributed by atoms with Crippen molar-refractivity contribution in [2.45, 2.75) is 44.8 Å². The SMILES string of the molecule is CO[C@H]1O[C@H]([C@H](O)CNC(C)=O)C[C@H]1NC(C)=O. The molecule has 0 aliphatic carbocycles. The van der Waals surface area contributed by atoms with Crippen molar-refractivity contribution < 1.29 is 24.2 Å². The fourth-order valence-corrected chi connectivity index (χ4v) is 1.92. The standard InChI is InChI=1S/C11H20N2O5/c1-6(14)12-5-9(16)10-4-8(13-7(2)15)11(17-3)18-10/h8-11,16H,4-5H2,1-3H3,(H,12,14)(H,13,15)/t8-,9-,10+,11+/m1/s1. The van der Waals surface area contributed by atoms with E-state index in [9.17, 15) is 14.7 Å². The lowest BCUT2D eigenvalue weighted by molar-refractivity contribution is -0.147. The number of aliphatic hydroxyl groups is 1. The highest BCUT2D eigenvalue weighted by atomic mass is 16.7. The van der Waals surface area contributed by atoms with Crippen LogP contribution in [0.3, 0.4) is 0 Å². The maximum Gasteiger partial charge on any atom is 0.217 e. The van der Waals surface area contributed by atoms with Gasteiger partial charge >= 0.3 is 0 Å². The number of rotatable bonds is 5. The third-order valence-electron chi connectivity index (χ3n) is 2.73. The van der Waals surface area contributed by atoms with Crippen LogP contribution in [0.25, 0.3) is 0 Å². The molecule has 0 bridgehead atoms. The van der Waals surface area contributed by atoms with E-state index in [4.69, 9.17) is 9.47 Å². The van der Waals surface area contributed by atoms with Gasteiger partial charge in [0, 0.05) is 33.9 Å². The second kappa shape index (κ2) is 6.67. The molecule has 0 aromatic carbocycles. The lowest BCUT2D eigenvalue weighted by atomic mass is 10.1. The van der Waals surface area contributed by atoms with Gasteiger partial charge < -0.3 is 25.2 Å². The van der Waals surface area contributed by atoms with Gasteiger partial charge in [0.15, 0.2) is 6.29 Å². The van der Waals surface area contributed by atoms with Crippen molar-refractivity contribution in [3.8, 4) is 0 Å². The zero-order valence-corrected chi connectivity index (χ0v) is 10.8. The van der Waals surface area contributed by atoms with E-state index in [-0.39, 0.29) is 24.4 Å². The highest BCUT2D eigenvalue weighted by Crippen LogP contribution is 2.23. The molecular weight excluding hydrogens is 240 g/mol. The number of hydrogen-bond acceptors (Lipinski definition) is 5. The molecule has 0 aromatic heterocycles. The Morgan fingerprint density at radius 3 is 2.61 bits per heavy atom. The van der Waals surface area contributed by atoms with Crippen LogP contribution in [0.4, 0.5) is 0 Å². The smallest absolute Gasteiger partial charge is 0.217 e. The molecule has 0 aromatic rings. The van der Waals surface area contributed by atoms with Crippen LogP contribution in [0.2, 0.25) is 0 Å². The average Bonchev–Trinajstić information content (AvgIpc) is 2.68. The Hall–Kier alpha value is -1.18. The highest BCUT2D eigenvalue weighted by Gasteiger charge is 2.39. The normalized spacial score (nSPS) is 28.8. The Morgan fingerprint density at radius 1 is 1.44 bits per heavy atom. The molecular formula is C11H20N2O5. The van der Waals surface area contributed by atoms with E-state index in [1.54, 1.807) is 0 Å². The number of hydrogen-bond donors (Lipinski definition) is 3. The summed E-state index contributed by atoms with van der Waals surface area (Å²) < 4.78 is 10.6. The predicted molar refractivity (Wildman–Crippen MR) is 62.6 cm³/mol. The zero-order chi connectivity index (χ0) is 13.7. The van der Waals surface area contributed by atoms with Crippen molar-refractivity contribution >= 4 is 11.8 Å². The van der Waals surface area contributed by atoms with Crippen LogP contribution in [0, 0.1) is 0 Å².